The Morgan fingerprint density at radius 3 is 2.29 bits per heavy atom. The van der Waals surface area contributed by atoms with E-state index in [-0.39, 0.29) is 29.8 Å². The molecule has 0 radical (unpaired) electrons. The van der Waals surface area contributed by atoms with E-state index in [2.05, 4.69) is 10.6 Å². The molecule has 3 rings (SSSR count). The minimum absolute atomic E-state index is 0.0744. The van der Waals surface area contributed by atoms with E-state index in [1.165, 1.54) is 28.6 Å². The molecule has 1 aliphatic heterocycles. The second-order valence-electron chi connectivity index (χ2n) is 8.35. The lowest BCUT2D eigenvalue weighted by molar-refractivity contribution is -0.139. The first kappa shape index (κ1) is 25.8. The first-order valence-corrected chi connectivity index (χ1v) is 12.7. The van der Waals surface area contributed by atoms with Crippen LogP contribution in [0.2, 0.25) is 0 Å². The third kappa shape index (κ3) is 6.60. The number of benzene rings is 2. The normalized spacial score (nSPS) is 16.7. The van der Waals surface area contributed by atoms with E-state index < -0.39 is 27.7 Å². The van der Waals surface area contributed by atoms with Crippen LogP contribution in [-0.2, 0) is 26.0 Å². The average molecular weight is 494 g/mol. The second-order valence-corrected chi connectivity index (χ2v) is 10.2. The number of amides is 2. The summed E-state index contributed by atoms with van der Waals surface area (Å²) in [7, 11) is -3.82. The van der Waals surface area contributed by atoms with Crippen LogP contribution in [0.3, 0.4) is 0 Å². The molecule has 184 valence electrons. The van der Waals surface area contributed by atoms with Crippen LogP contribution in [0.4, 0.5) is 8.78 Å². The van der Waals surface area contributed by atoms with Crippen molar-refractivity contribution in [2.24, 2.45) is 0 Å². The van der Waals surface area contributed by atoms with Gasteiger partial charge in [0.2, 0.25) is 10.0 Å². The van der Waals surface area contributed by atoms with Gasteiger partial charge in [-0.3, -0.25) is 9.59 Å². The van der Waals surface area contributed by atoms with Crippen LogP contribution >= 0.6 is 0 Å². The Kier molecular flexibility index (Phi) is 8.73. The van der Waals surface area contributed by atoms with Gasteiger partial charge in [-0.15, -0.1) is 0 Å². The van der Waals surface area contributed by atoms with Gasteiger partial charge in [-0.1, -0.05) is 18.6 Å². The maximum absolute atomic E-state index is 13.4. The van der Waals surface area contributed by atoms with Crippen molar-refractivity contribution in [3.8, 4) is 0 Å². The molecule has 2 aromatic rings. The van der Waals surface area contributed by atoms with Crippen LogP contribution in [0.1, 0.15) is 36.8 Å². The maximum atomic E-state index is 13.4. The summed E-state index contributed by atoms with van der Waals surface area (Å²) in [6.07, 6.45) is 3.03. The van der Waals surface area contributed by atoms with Gasteiger partial charge in [0, 0.05) is 25.7 Å². The minimum Gasteiger partial charge on any atom is -0.348 e. The number of nitrogens with one attached hydrogen (secondary N) is 2. The molecule has 1 fully saturated rings. The largest absolute Gasteiger partial charge is 0.348 e. The summed E-state index contributed by atoms with van der Waals surface area (Å²) >= 11 is 0. The zero-order valence-electron chi connectivity index (χ0n) is 19.0. The van der Waals surface area contributed by atoms with Gasteiger partial charge in [-0.25, -0.2) is 17.2 Å². The van der Waals surface area contributed by atoms with Crippen LogP contribution in [0.25, 0.3) is 0 Å². The monoisotopic (exact) mass is 493 g/mol. The highest BCUT2D eigenvalue weighted by Gasteiger charge is 2.34. The molecule has 2 amide bonds. The highest BCUT2D eigenvalue weighted by molar-refractivity contribution is 7.89. The Balaban J connectivity index is 1.50. The Bertz CT molecular complexity index is 1120. The molecular weight excluding hydrogens is 464 g/mol. The van der Waals surface area contributed by atoms with Gasteiger partial charge in [0.15, 0.2) is 0 Å². The van der Waals surface area contributed by atoms with E-state index in [9.17, 15) is 26.8 Å². The highest BCUT2D eigenvalue weighted by atomic mass is 32.2. The predicted molar refractivity (Wildman–Crippen MR) is 123 cm³/mol. The molecule has 1 atom stereocenters. The van der Waals surface area contributed by atoms with Crippen LogP contribution in [0.15, 0.2) is 47.4 Å². The second kappa shape index (κ2) is 11.5. The van der Waals surface area contributed by atoms with Crippen molar-refractivity contribution >= 4 is 21.8 Å². The Morgan fingerprint density at radius 1 is 0.971 bits per heavy atom. The Morgan fingerprint density at radius 2 is 1.62 bits per heavy atom. The van der Waals surface area contributed by atoms with Crippen LogP contribution in [0, 0.1) is 18.6 Å². The molecule has 0 aliphatic carbocycles. The molecule has 1 heterocycles. The van der Waals surface area contributed by atoms with E-state index in [1.807, 2.05) is 0 Å². The first-order valence-electron chi connectivity index (χ1n) is 11.3. The number of sulfonamides is 1. The quantitative estimate of drug-likeness (QED) is 0.553. The molecule has 34 heavy (non-hydrogen) atoms. The van der Waals surface area contributed by atoms with Crippen molar-refractivity contribution in [3.05, 3.63) is 65.2 Å². The van der Waals surface area contributed by atoms with Gasteiger partial charge in [-0.2, -0.15) is 4.31 Å². The number of hydrogen-bond acceptors (Lipinski definition) is 4. The predicted octanol–water partition coefficient (Wildman–Crippen LogP) is 2.68. The molecule has 0 spiro atoms. The van der Waals surface area contributed by atoms with Crippen LogP contribution in [0.5, 0.6) is 0 Å². The zero-order valence-corrected chi connectivity index (χ0v) is 19.8. The molecule has 0 saturated carbocycles. The summed E-state index contributed by atoms with van der Waals surface area (Å²) in [4.78, 5) is 24.2. The lowest BCUT2D eigenvalue weighted by atomic mass is 10.0. The summed E-state index contributed by atoms with van der Waals surface area (Å²) in [5.41, 5.74) is 1.17. The van der Waals surface area contributed by atoms with Gasteiger partial charge < -0.3 is 10.6 Å². The molecule has 0 bridgehead atoms. The average Bonchev–Trinajstić information content (AvgIpc) is 2.80. The fourth-order valence-electron chi connectivity index (χ4n) is 4.09. The summed E-state index contributed by atoms with van der Waals surface area (Å²) in [5.74, 6) is -2.41. The molecule has 2 N–H and O–H groups in total. The van der Waals surface area contributed by atoms with E-state index in [4.69, 9.17) is 0 Å². The van der Waals surface area contributed by atoms with Crippen LogP contribution in [-0.4, -0.2) is 50.2 Å². The number of aryl methyl sites for hydroxylation is 1. The van der Waals surface area contributed by atoms with Gasteiger partial charge in [0.1, 0.15) is 11.6 Å². The van der Waals surface area contributed by atoms with Crippen molar-refractivity contribution in [3.63, 3.8) is 0 Å². The van der Waals surface area contributed by atoms with Gasteiger partial charge in [0.25, 0.3) is 0 Å². The molecule has 7 nitrogen and oxygen atoms in total. The number of carbonyl (C=O) groups excluding carboxylic acids is 2. The summed E-state index contributed by atoms with van der Waals surface area (Å²) in [5, 5.41) is 5.06. The number of piperidine rings is 1. The molecular formula is C24H29F2N3O4S. The zero-order chi connectivity index (χ0) is 24.7. The summed E-state index contributed by atoms with van der Waals surface area (Å²) in [6, 6.07) is 9.16. The number of carbonyl (C=O) groups is 2. The van der Waals surface area contributed by atoms with Crippen molar-refractivity contribution < 1.29 is 26.8 Å². The minimum atomic E-state index is -3.82. The topological polar surface area (TPSA) is 95.6 Å². The van der Waals surface area contributed by atoms with Crippen molar-refractivity contribution in [2.75, 3.05) is 19.6 Å². The van der Waals surface area contributed by atoms with E-state index in [1.54, 1.807) is 19.1 Å². The number of nitrogens with zero attached hydrogens (tertiary/aromatic N) is 1. The number of hydrogen-bond donors (Lipinski definition) is 2. The molecule has 1 saturated heterocycles. The third-order valence-corrected chi connectivity index (χ3v) is 7.99. The van der Waals surface area contributed by atoms with E-state index in [0.29, 0.717) is 31.4 Å². The fourth-order valence-corrected chi connectivity index (χ4v) is 6.02. The van der Waals surface area contributed by atoms with Crippen molar-refractivity contribution in [2.45, 2.75) is 50.0 Å². The molecule has 2 aromatic carbocycles. The first-order chi connectivity index (χ1) is 16.2. The smallest absolute Gasteiger partial charge is 0.309 e. The number of halogens is 2. The van der Waals surface area contributed by atoms with Gasteiger partial charge in [0.05, 0.1) is 4.90 Å². The highest BCUT2D eigenvalue weighted by Crippen LogP contribution is 2.28. The SMILES string of the molecule is Cc1cc(F)ccc1S(=O)(=O)N1CCCCC1CCNC(=O)C(=O)NCCc1ccc(F)cc1. The van der Waals surface area contributed by atoms with Crippen molar-refractivity contribution in [1.82, 2.24) is 14.9 Å². The maximum Gasteiger partial charge on any atom is 0.309 e. The van der Waals surface area contributed by atoms with E-state index in [0.717, 1.165) is 24.5 Å². The Hall–Kier alpha value is -2.85. The van der Waals surface area contributed by atoms with Crippen molar-refractivity contribution in [1.29, 1.82) is 0 Å². The fraction of sp³-hybridized carbons (Fsp3) is 0.417. The third-order valence-electron chi connectivity index (χ3n) is 5.88. The lowest BCUT2D eigenvalue weighted by Crippen LogP contribution is -2.46. The molecule has 1 aliphatic rings. The standard InChI is InChI=1S/C24H29F2N3O4S/c1-17-16-20(26)9-10-22(17)34(32,33)29-15-3-2-4-21(29)12-14-28-24(31)23(30)27-13-11-18-5-7-19(25)8-6-18/h5-10,16,21H,2-4,11-15H2,1H3,(H,27,30)(H,28,31). The molecule has 0 aromatic heterocycles. The molecule has 1 unspecified atom stereocenters. The molecule has 10 heteroatoms. The lowest BCUT2D eigenvalue weighted by Gasteiger charge is -2.35. The van der Waals surface area contributed by atoms with E-state index >= 15 is 0 Å². The van der Waals surface area contributed by atoms with Gasteiger partial charge in [-0.05, 0) is 74.1 Å². The van der Waals surface area contributed by atoms with Gasteiger partial charge >= 0.3 is 11.8 Å². The summed E-state index contributed by atoms with van der Waals surface area (Å²) < 4.78 is 54.2. The number of rotatable bonds is 8. The van der Waals surface area contributed by atoms with Crippen LogP contribution < -0.4 is 10.6 Å². The Labute approximate surface area is 198 Å². The summed E-state index contributed by atoms with van der Waals surface area (Å²) in [6.45, 7) is 2.28.